The quantitative estimate of drug-likeness (QED) is 0.403. The molecule has 4 rings (SSSR count). The molecule has 0 atom stereocenters. The number of rotatable bonds is 4. The third kappa shape index (κ3) is 4.03. The topological polar surface area (TPSA) is 52.0 Å². The van der Waals surface area contributed by atoms with Crippen LogP contribution >= 0.6 is 11.3 Å². The van der Waals surface area contributed by atoms with Gasteiger partial charge in [0.25, 0.3) is 0 Å². The molecule has 0 unspecified atom stereocenters. The van der Waals surface area contributed by atoms with E-state index in [-0.39, 0.29) is 4.90 Å². The fourth-order valence-electron chi connectivity index (χ4n) is 2.97. The van der Waals surface area contributed by atoms with E-state index in [9.17, 15) is 21.6 Å². The Morgan fingerprint density at radius 1 is 0.900 bits per heavy atom. The van der Waals surface area contributed by atoms with Crippen molar-refractivity contribution >= 4 is 21.2 Å². The molecule has 4 aromatic rings. The maximum atomic E-state index is 13.3. The van der Waals surface area contributed by atoms with Crippen LogP contribution in [-0.2, 0) is 16.0 Å². The molecule has 0 N–H and O–H groups in total. The predicted octanol–water partition coefficient (Wildman–Crippen LogP) is 5.69. The van der Waals surface area contributed by atoms with Gasteiger partial charge in [-0.25, -0.2) is 13.1 Å². The molecule has 9 heteroatoms. The van der Waals surface area contributed by atoms with Crippen molar-refractivity contribution in [2.75, 3.05) is 6.26 Å². The summed E-state index contributed by atoms with van der Waals surface area (Å²) in [5, 5.41) is 3.78. The second-order valence-corrected chi connectivity index (χ2v) is 9.72. The fraction of sp³-hybridized carbons (Fsp3) is 0.0952. The van der Waals surface area contributed by atoms with Gasteiger partial charge in [0.2, 0.25) is 0 Å². The number of alkyl halides is 3. The summed E-state index contributed by atoms with van der Waals surface area (Å²) in [5.74, 6) is 0. The van der Waals surface area contributed by atoms with Crippen LogP contribution in [0.3, 0.4) is 0 Å². The van der Waals surface area contributed by atoms with E-state index in [0.29, 0.717) is 21.8 Å². The number of para-hydroxylation sites is 1. The van der Waals surface area contributed by atoms with Crippen LogP contribution in [-0.4, -0.2) is 24.5 Å². The SMILES string of the molecule is CS(=O)(=O)c1cccc(-c2ccc(-c3cc(C(F)(F)F)nn3-c3ccccc3)s2)c1. The summed E-state index contributed by atoms with van der Waals surface area (Å²) >= 11 is 1.27. The van der Waals surface area contributed by atoms with Gasteiger partial charge in [0.15, 0.2) is 15.5 Å². The smallest absolute Gasteiger partial charge is 0.232 e. The van der Waals surface area contributed by atoms with E-state index in [4.69, 9.17) is 0 Å². The summed E-state index contributed by atoms with van der Waals surface area (Å²) in [7, 11) is -3.37. The van der Waals surface area contributed by atoms with Gasteiger partial charge in [-0.2, -0.15) is 18.3 Å². The van der Waals surface area contributed by atoms with Crippen LogP contribution < -0.4 is 0 Å². The standard InChI is InChI=1S/C21H15F3N2O2S2/c1-30(27,28)16-9-5-6-14(12-16)18-10-11-19(29-18)17-13-20(21(22,23)24)25-26(17)15-7-3-2-4-8-15/h2-13H,1H3. The van der Waals surface area contributed by atoms with Crippen molar-refractivity contribution < 1.29 is 21.6 Å². The minimum absolute atomic E-state index is 0.184. The Bertz CT molecular complexity index is 1310. The van der Waals surface area contributed by atoms with E-state index < -0.39 is 21.7 Å². The third-order valence-corrected chi connectivity index (χ3v) is 6.67. The van der Waals surface area contributed by atoms with Crippen LogP contribution in [0.4, 0.5) is 13.2 Å². The van der Waals surface area contributed by atoms with Gasteiger partial charge in [-0.15, -0.1) is 11.3 Å². The first kappa shape index (κ1) is 20.4. The van der Waals surface area contributed by atoms with Crippen molar-refractivity contribution in [3.8, 4) is 26.7 Å². The third-order valence-electron chi connectivity index (χ3n) is 4.41. The molecule has 4 nitrogen and oxygen atoms in total. The summed E-state index contributed by atoms with van der Waals surface area (Å²) in [6.07, 6.45) is -3.44. The van der Waals surface area contributed by atoms with Crippen molar-refractivity contribution in [1.82, 2.24) is 9.78 Å². The Balaban J connectivity index is 1.81. The summed E-state index contributed by atoms with van der Waals surface area (Å²) < 4.78 is 64.9. The van der Waals surface area contributed by atoms with Gasteiger partial charge in [0, 0.05) is 11.1 Å². The van der Waals surface area contributed by atoms with Crippen molar-refractivity contribution in [3.63, 3.8) is 0 Å². The minimum Gasteiger partial charge on any atom is -0.232 e. The highest BCUT2D eigenvalue weighted by molar-refractivity contribution is 7.90. The summed E-state index contributed by atoms with van der Waals surface area (Å²) in [6, 6.07) is 19.6. The molecule has 0 aliphatic rings. The van der Waals surface area contributed by atoms with E-state index in [1.165, 1.54) is 22.1 Å². The summed E-state index contributed by atoms with van der Waals surface area (Å²) in [5.41, 5.74) is 0.521. The lowest BCUT2D eigenvalue weighted by molar-refractivity contribution is -0.141. The van der Waals surface area contributed by atoms with Crippen molar-refractivity contribution in [2.24, 2.45) is 0 Å². The van der Waals surface area contributed by atoms with Crippen LogP contribution in [0.25, 0.3) is 26.7 Å². The highest BCUT2D eigenvalue weighted by Crippen LogP contribution is 2.38. The average molecular weight is 448 g/mol. The molecule has 2 heterocycles. The van der Waals surface area contributed by atoms with Crippen LogP contribution in [0.2, 0.25) is 0 Å². The molecule has 30 heavy (non-hydrogen) atoms. The number of sulfone groups is 1. The van der Waals surface area contributed by atoms with Crippen LogP contribution in [0.5, 0.6) is 0 Å². The zero-order valence-electron chi connectivity index (χ0n) is 15.6. The van der Waals surface area contributed by atoms with Gasteiger partial charge in [-0.05, 0) is 48.0 Å². The molecule has 0 saturated heterocycles. The summed E-state index contributed by atoms with van der Waals surface area (Å²) in [6.45, 7) is 0. The Kier molecular flexibility index (Phi) is 5.03. The molecule has 0 amide bonds. The van der Waals surface area contributed by atoms with Crippen molar-refractivity contribution in [3.05, 3.63) is 78.5 Å². The zero-order chi connectivity index (χ0) is 21.5. The van der Waals surface area contributed by atoms with Gasteiger partial charge >= 0.3 is 6.18 Å². The number of aromatic nitrogens is 2. The van der Waals surface area contributed by atoms with E-state index in [1.807, 2.05) is 0 Å². The molecule has 0 saturated carbocycles. The number of benzene rings is 2. The molecular formula is C21H15F3N2O2S2. The zero-order valence-corrected chi connectivity index (χ0v) is 17.2. The Morgan fingerprint density at radius 2 is 1.60 bits per heavy atom. The number of halogens is 3. The van der Waals surface area contributed by atoms with Gasteiger partial charge in [0.1, 0.15) is 0 Å². The molecule has 2 aromatic heterocycles. The average Bonchev–Trinajstić information content (AvgIpc) is 3.35. The molecule has 0 aliphatic heterocycles. The lowest BCUT2D eigenvalue weighted by Gasteiger charge is -2.06. The largest absolute Gasteiger partial charge is 0.435 e. The number of hydrogen-bond acceptors (Lipinski definition) is 4. The van der Waals surface area contributed by atoms with Gasteiger partial charge in [-0.1, -0.05) is 30.3 Å². The number of thiophene rings is 1. The van der Waals surface area contributed by atoms with Gasteiger partial charge in [0.05, 0.1) is 21.2 Å². The molecule has 0 aliphatic carbocycles. The van der Waals surface area contributed by atoms with Crippen molar-refractivity contribution in [2.45, 2.75) is 11.1 Å². The first-order valence-electron chi connectivity index (χ1n) is 8.76. The minimum atomic E-state index is -4.57. The fourth-order valence-corrected chi connectivity index (χ4v) is 4.64. The van der Waals surface area contributed by atoms with Crippen molar-refractivity contribution in [1.29, 1.82) is 0 Å². The molecule has 0 bridgehead atoms. The van der Waals surface area contributed by atoms with Gasteiger partial charge in [-0.3, -0.25) is 0 Å². The monoisotopic (exact) mass is 448 g/mol. The second-order valence-electron chi connectivity index (χ2n) is 6.62. The van der Waals surface area contributed by atoms with Crippen LogP contribution in [0.1, 0.15) is 5.69 Å². The maximum Gasteiger partial charge on any atom is 0.435 e. The Morgan fingerprint density at radius 3 is 2.27 bits per heavy atom. The molecule has 0 fully saturated rings. The van der Waals surface area contributed by atoms with Crippen LogP contribution in [0.15, 0.2) is 77.7 Å². The highest BCUT2D eigenvalue weighted by atomic mass is 32.2. The number of nitrogens with zero attached hydrogens (tertiary/aromatic N) is 2. The molecular weight excluding hydrogens is 433 g/mol. The molecule has 0 spiro atoms. The lowest BCUT2D eigenvalue weighted by Crippen LogP contribution is -2.07. The summed E-state index contributed by atoms with van der Waals surface area (Å²) in [4.78, 5) is 1.51. The van der Waals surface area contributed by atoms with Crippen LogP contribution in [0, 0.1) is 0 Å². The van der Waals surface area contributed by atoms with E-state index >= 15 is 0 Å². The second kappa shape index (κ2) is 7.41. The first-order valence-corrected chi connectivity index (χ1v) is 11.5. The van der Waals surface area contributed by atoms with Gasteiger partial charge < -0.3 is 0 Å². The molecule has 2 aromatic carbocycles. The lowest BCUT2D eigenvalue weighted by atomic mass is 10.2. The van der Waals surface area contributed by atoms with E-state index in [0.717, 1.165) is 17.2 Å². The van der Waals surface area contributed by atoms with E-state index in [1.54, 1.807) is 60.7 Å². The number of hydrogen-bond donors (Lipinski definition) is 0. The maximum absolute atomic E-state index is 13.3. The predicted molar refractivity (Wildman–Crippen MR) is 110 cm³/mol. The Hall–Kier alpha value is -2.91. The Labute approximate surface area is 175 Å². The normalized spacial score (nSPS) is 12.3. The molecule has 154 valence electrons. The first-order chi connectivity index (χ1) is 14.1. The van der Waals surface area contributed by atoms with E-state index in [2.05, 4.69) is 5.10 Å². The molecule has 0 radical (unpaired) electrons. The highest BCUT2D eigenvalue weighted by Gasteiger charge is 2.35.